The highest BCUT2D eigenvalue weighted by atomic mass is 79.9. The monoisotopic (exact) mass is 700 g/mol. The molecule has 0 aliphatic carbocycles. The summed E-state index contributed by atoms with van der Waals surface area (Å²) in [7, 11) is 0.0265. The van der Waals surface area contributed by atoms with Crippen LogP contribution in [0, 0.1) is 5.82 Å². The zero-order valence-electron chi connectivity index (χ0n) is 25.8. The van der Waals surface area contributed by atoms with E-state index in [2.05, 4.69) is 65.0 Å². The van der Waals surface area contributed by atoms with Crippen molar-refractivity contribution in [2.24, 2.45) is 0 Å². The number of carbonyl (C=O) groups is 2. The van der Waals surface area contributed by atoms with Crippen molar-refractivity contribution < 1.29 is 28.2 Å². The lowest BCUT2D eigenvalue weighted by atomic mass is 9.94. The molecule has 3 heterocycles. The molecule has 1 amide bonds. The Hall–Kier alpha value is -1.99. The topological polar surface area (TPSA) is 104 Å². The lowest BCUT2D eigenvalue weighted by Gasteiger charge is -2.40. The molecule has 1 aromatic heterocycles. The van der Waals surface area contributed by atoms with Gasteiger partial charge in [0.25, 0.3) is 0 Å². The van der Waals surface area contributed by atoms with Crippen molar-refractivity contribution in [2.45, 2.75) is 89.1 Å². The highest BCUT2D eigenvalue weighted by Gasteiger charge is 2.38. The summed E-state index contributed by atoms with van der Waals surface area (Å²) in [5.41, 5.74) is 0.596. The van der Waals surface area contributed by atoms with Crippen molar-refractivity contribution in [3.63, 3.8) is 0 Å². The van der Waals surface area contributed by atoms with Crippen LogP contribution in [0.4, 0.5) is 14.9 Å². The Morgan fingerprint density at radius 2 is 2.02 bits per heavy atom. The van der Waals surface area contributed by atoms with E-state index in [0.29, 0.717) is 56.4 Å². The molecule has 2 aliphatic heterocycles. The first-order chi connectivity index (χ1) is 20.1. The zero-order valence-corrected chi connectivity index (χ0v) is 29.1. The number of benzene rings is 1. The second kappa shape index (κ2) is 13.6. The summed E-state index contributed by atoms with van der Waals surface area (Å²) in [6.45, 7) is 12.9. The van der Waals surface area contributed by atoms with Gasteiger partial charge in [-0.1, -0.05) is 32.4 Å². The number of likely N-dealkylation sites (N-methyl/N-ethyl adjacent to an activating group) is 1. The normalized spacial score (nSPS) is 21.8. The minimum absolute atomic E-state index is 0.0291. The van der Waals surface area contributed by atoms with Gasteiger partial charge in [0.05, 0.1) is 15.2 Å². The van der Waals surface area contributed by atoms with E-state index in [9.17, 15) is 14.7 Å². The number of piperidine rings is 1. The van der Waals surface area contributed by atoms with Gasteiger partial charge in [0.1, 0.15) is 17.7 Å². The molecule has 1 unspecified atom stereocenters. The SMILES string of the molecule is CN1CCCC1COc1nc2c(F)c(Br)c(Cl)cc2c(N[C@H]2CCN(C(=O)O)[C@H](CCO[Si](C)(C)C(C)(C)C)C2)c1C=O. The fourth-order valence-electron chi connectivity index (χ4n) is 5.62. The molecule has 43 heavy (non-hydrogen) atoms. The van der Waals surface area contributed by atoms with E-state index in [1.165, 1.54) is 4.90 Å². The van der Waals surface area contributed by atoms with Gasteiger partial charge in [0.15, 0.2) is 20.4 Å². The highest BCUT2D eigenvalue weighted by Crippen LogP contribution is 2.40. The average molecular weight is 702 g/mol. The number of halogens is 3. The quantitative estimate of drug-likeness (QED) is 0.150. The molecule has 1 aromatic carbocycles. The number of carboxylic acid groups (broad SMARTS) is 1. The van der Waals surface area contributed by atoms with Gasteiger partial charge in [-0.2, -0.15) is 0 Å². The van der Waals surface area contributed by atoms with Crippen LogP contribution in [-0.2, 0) is 4.43 Å². The third-order valence-electron chi connectivity index (χ3n) is 9.35. The molecule has 3 atom stereocenters. The maximum atomic E-state index is 15.5. The zero-order chi connectivity index (χ0) is 31.7. The van der Waals surface area contributed by atoms with Crippen molar-refractivity contribution in [3.05, 3.63) is 26.9 Å². The first-order valence-corrected chi connectivity index (χ1v) is 18.9. The third kappa shape index (κ3) is 7.46. The van der Waals surface area contributed by atoms with Crippen LogP contribution < -0.4 is 10.1 Å². The largest absolute Gasteiger partial charge is 0.475 e. The number of fused-ring (bicyclic) bond motifs is 1. The lowest BCUT2D eigenvalue weighted by molar-refractivity contribution is 0.0924. The Kier molecular flexibility index (Phi) is 10.7. The fraction of sp³-hybridized carbons (Fsp3) is 0.633. The first-order valence-electron chi connectivity index (χ1n) is 14.8. The molecule has 2 N–H and O–H groups in total. The van der Waals surface area contributed by atoms with Crippen LogP contribution in [-0.4, -0.2) is 92.1 Å². The van der Waals surface area contributed by atoms with Gasteiger partial charge in [0.2, 0.25) is 5.88 Å². The number of ether oxygens (including phenoxy) is 1. The summed E-state index contributed by atoms with van der Waals surface area (Å²) in [5.74, 6) is -0.590. The van der Waals surface area contributed by atoms with E-state index in [1.54, 1.807) is 6.07 Å². The lowest BCUT2D eigenvalue weighted by Crippen LogP contribution is -2.50. The summed E-state index contributed by atoms with van der Waals surface area (Å²) < 4.78 is 28.0. The summed E-state index contributed by atoms with van der Waals surface area (Å²) >= 11 is 9.57. The van der Waals surface area contributed by atoms with Crippen LogP contribution >= 0.6 is 27.5 Å². The van der Waals surface area contributed by atoms with Gasteiger partial charge in [-0.25, -0.2) is 14.2 Å². The van der Waals surface area contributed by atoms with E-state index in [1.807, 2.05) is 7.05 Å². The van der Waals surface area contributed by atoms with Crippen LogP contribution in [0.1, 0.15) is 63.2 Å². The first kappa shape index (κ1) is 33.9. The standard InChI is InChI=1S/C30H43BrClFN4O5Si/c1-30(2,3)43(5,6)42-13-10-19-14-18(9-12-37(19)29(39)40)34-26-21-15-23(32)24(31)25(33)27(21)35-28(22(26)16-38)41-17-20-8-7-11-36(20)4/h15-16,18-20H,7-14,17H2,1-6H3,(H,34,35)(H,39,40)/t18-,19+,20?/m0/s1. The smallest absolute Gasteiger partial charge is 0.407 e. The van der Waals surface area contributed by atoms with E-state index in [0.717, 1.165) is 19.4 Å². The molecule has 0 spiro atoms. The number of aromatic nitrogens is 1. The van der Waals surface area contributed by atoms with Gasteiger partial charge in [-0.05, 0) is 85.8 Å². The molecule has 2 saturated heterocycles. The van der Waals surface area contributed by atoms with Gasteiger partial charge in [-0.15, -0.1) is 0 Å². The fourth-order valence-corrected chi connectivity index (χ4v) is 7.17. The second-order valence-electron chi connectivity index (χ2n) is 13.2. The molecule has 9 nitrogen and oxygen atoms in total. The molecule has 4 rings (SSSR count). The number of nitrogens with one attached hydrogen (secondary N) is 1. The number of hydrogen-bond acceptors (Lipinski definition) is 7. The number of hydrogen-bond donors (Lipinski definition) is 2. The predicted molar refractivity (Wildman–Crippen MR) is 174 cm³/mol. The van der Waals surface area contributed by atoms with Crippen LogP contribution in [0.5, 0.6) is 5.88 Å². The second-order valence-corrected chi connectivity index (χ2v) is 19.2. The Balaban J connectivity index is 1.64. The van der Waals surface area contributed by atoms with E-state index < -0.39 is 20.2 Å². The summed E-state index contributed by atoms with van der Waals surface area (Å²) in [5, 5.41) is 13.9. The van der Waals surface area contributed by atoms with Crippen molar-refractivity contribution in [3.8, 4) is 5.88 Å². The molecule has 0 bridgehead atoms. The maximum absolute atomic E-state index is 15.5. The average Bonchev–Trinajstić information content (AvgIpc) is 3.34. The highest BCUT2D eigenvalue weighted by molar-refractivity contribution is 9.10. The number of anilines is 1. The summed E-state index contributed by atoms with van der Waals surface area (Å²) in [6.07, 6.45) is 3.27. The van der Waals surface area contributed by atoms with Crippen LogP contribution in [0.15, 0.2) is 10.5 Å². The minimum Gasteiger partial charge on any atom is -0.475 e. The molecule has 2 fully saturated rings. The molecular weight excluding hydrogens is 659 g/mol. The molecule has 0 saturated carbocycles. The van der Waals surface area contributed by atoms with Crippen LogP contribution in [0.3, 0.4) is 0 Å². The van der Waals surface area contributed by atoms with Gasteiger partial charge < -0.3 is 29.4 Å². The molecule has 2 aromatic rings. The van der Waals surface area contributed by atoms with Gasteiger partial charge in [0, 0.05) is 36.7 Å². The number of amides is 1. The van der Waals surface area contributed by atoms with Crippen LogP contribution in [0.25, 0.3) is 10.9 Å². The Labute approximate surface area is 267 Å². The number of carbonyl (C=O) groups excluding carboxylic acids is 1. The minimum atomic E-state index is -2.00. The maximum Gasteiger partial charge on any atom is 0.407 e. The summed E-state index contributed by atoms with van der Waals surface area (Å²) in [4.78, 5) is 32.8. The number of rotatable bonds is 10. The molecule has 238 valence electrons. The van der Waals surface area contributed by atoms with Crippen molar-refractivity contribution >= 4 is 64.8 Å². The Morgan fingerprint density at radius 3 is 2.63 bits per heavy atom. The van der Waals surface area contributed by atoms with Crippen molar-refractivity contribution in [1.82, 2.24) is 14.8 Å². The van der Waals surface area contributed by atoms with Crippen molar-refractivity contribution in [1.29, 1.82) is 0 Å². The third-order valence-corrected chi connectivity index (χ3v) is 15.2. The molecule has 13 heteroatoms. The number of nitrogens with zero attached hydrogens (tertiary/aromatic N) is 3. The van der Waals surface area contributed by atoms with E-state index in [-0.39, 0.29) is 49.6 Å². The van der Waals surface area contributed by atoms with Crippen molar-refractivity contribution in [2.75, 3.05) is 38.7 Å². The number of likely N-dealkylation sites (tertiary alicyclic amines) is 2. The van der Waals surface area contributed by atoms with Gasteiger partial charge >= 0.3 is 6.09 Å². The van der Waals surface area contributed by atoms with Gasteiger partial charge in [-0.3, -0.25) is 4.79 Å². The number of aldehydes is 1. The van der Waals surface area contributed by atoms with E-state index in [4.69, 9.17) is 20.8 Å². The van der Waals surface area contributed by atoms with Crippen LogP contribution in [0.2, 0.25) is 23.2 Å². The Bertz CT molecular complexity index is 1360. The number of pyridine rings is 1. The molecule has 2 aliphatic rings. The molecular formula is C30H43BrClFN4O5Si. The molecule has 0 radical (unpaired) electrons. The predicted octanol–water partition coefficient (Wildman–Crippen LogP) is 7.41. The summed E-state index contributed by atoms with van der Waals surface area (Å²) in [6, 6.07) is 1.27. The van der Waals surface area contributed by atoms with E-state index >= 15 is 4.39 Å². The Morgan fingerprint density at radius 1 is 1.30 bits per heavy atom.